The Morgan fingerprint density at radius 1 is 1.33 bits per heavy atom. The molecule has 6 heteroatoms. The van der Waals surface area contributed by atoms with Crippen molar-refractivity contribution in [2.24, 2.45) is 5.92 Å². The zero-order valence-corrected chi connectivity index (χ0v) is 10.6. The van der Waals surface area contributed by atoms with E-state index in [1.54, 1.807) is 20.8 Å². The van der Waals surface area contributed by atoms with Crippen LogP contribution < -0.4 is 0 Å². The molecule has 1 aliphatic carbocycles. The van der Waals surface area contributed by atoms with Crippen LogP contribution in [0.4, 0.5) is 0 Å². The predicted molar refractivity (Wildman–Crippen MR) is 57.1 cm³/mol. The maximum Gasteiger partial charge on any atom is 0.309 e. The summed E-state index contributed by atoms with van der Waals surface area (Å²) < 4.78 is 26.9. The Morgan fingerprint density at radius 2 is 1.80 bits per heavy atom. The van der Waals surface area contributed by atoms with Gasteiger partial charge in [0.05, 0.1) is 11.2 Å². The van der Waals surface area contributed by atoms with Crippen molar-refractivity contribution in [1.82, 2.24) is 0 Å². The van der Waals surface area contributed by atoms with Gasteiger partial charge in [0, 0.05) is 10.7 Å². The molecule has 0 bridgehead atoms. The average Bonchev–Trinajstić information content (AvgIpc) is 1.72. The van der Waals surface area contributed by atoms with E-state index in [2.05, 4.69) is 0 Å². The molecule has 0 radical (unpaired) electrons. The van der Waals surface area contributed by atoms with Gasteiger partial charge in [-0.3, -0.25) is 4.79 Å². The van der Waals surface area contributed by atoms with E-state index >= 15 is 0 Å². The Kier molecular flexibility index (Phi) is 3.36. The zero-order valence-electron chi connectivity index (χ0n) is 8.99. The number of carbonyl (C=O) groups excluding carboxylic acids is 1. The van der Waals surface area contributed by atoms with E-state index in [-0.39, 0.29) is 24.7 Å². The van der Waals surface area contributed by atoms with E-state index in [9.17, 15) is 13.2 Å². The van der Waals surface area contributed by atoms with Gasteiger partial charge in [0.25, 0.3) is 0 Å². The summed E-state index contributed by atoms with van der Waals surface area (Å²) in [6.07, 6.45) is 0.557. The molecule has 0 amide bonds. The van der Waals surface area contributed by atoms with Crippen LogP contribution >= 0.6 is 10.7 Å². The van der Waals surface area contributed by atoms with Crippen LogP contribution in [-0.4, -0.2) is 25.2 Å². The van der Waals surface area contributed by atoms with Gasteiger partial charge in [0.1, 0.15) is 5.60 Å². The fourth-order valence-corrected chi connectivity index (χ4v) is 2.73. The monoisotopic (exact) mass is 254 g/mol. The Balaban J connectivity index is 2.43. The Morgan fingerprint density at radius 3 is 2.13 bits per heavy atom. The molecule has 0 atom stereocenters. The fraction of sp³-hybridized carbons (Fsp3) is 0.889. The van der Waals surface area contributed by atoms with Crippen molar-refractivity contribution in [3.05, 3.63) is 0 Å². The lowest BCUT2D eigenvalue weighted by Gasteiger charge is -2.33. The molecule has 1 fully saturated rings. The normalized spacial score (nSPS) is 26.9. The second-order valence-electron chi connectivity index (χ2n) is 4.80. The second-order valence-corrected chi connectivity index (χ2v) is 7.71. The molecule has 0 aliphatic heterocycles. The Hall–Kier alpha value is -0.290. The minimum Gasteiger partial charge on any atom is -0.460 e. The lowest BCUT2D eigenvalue weighted by molar-refractivity contribution is -0.162. The minimum atomic E-state index is -3.51. The molecule has 1 saturated carbocycles. The van der Waals surface area contributed by atoms with Gasteiger partial charge >= 0.3 is 5.97 Å². The minimum absolute atomic E-state index is 0.279. The molecule has 0 aromatic rings. The Labute approximate surface area is 94.4 Å². The molecule has 0 unspecified atom stereocenters. The first kappa shape index (κ1) is 12.8. The van der Waals surface area contributed by atoms with E-state index in [4.69, 9.17) is 15.4 Å². The standard InChI is InChI=1S/C9H15ClO4S/c1-9(2,3)14-8(11)6-4-7(5-6)15(10,12)13/h6-7H,4-5H2,1-3H3/t6-,7-. The van der Waals surface area contributed by atoms with Crippen molar-refractivity contribution < 1.29 is 17.9 Å². The van der Waals surface area contributed by atoms with Crippen LogP contribution in [0, 0.1) is 5.92 Å². The van der Waals surface area contributed by atoms with Gasteiger partial charge in [0.15, 0.2) is 0 Å². The van der Waals surface area contributed by atoms with Gasteiger partial charge in [-0.1, -0.05) is 0 Å². The van der Waals surface area contributed by atoms with Gasteiger partial charge in [-0.2, -0.15) is 0 Å². The number of hydrogen-bond acceptors (Lipinski definition) is 4. The molecule has 0 spiro atoms. The summed E-state index contributed by atoms with van der Waals surface area (Å²) in [4.78, 5) is 11.5. The topological polar surface area (TPSA) is 60.4 Å². The largest absolute Gasteiger partial charge is 0.460 e. The highest BCUT2D eigenvalue weighted by molar-refractivity contribution is 8.14. The van der Waals surface area contributed by atoms with Gasteiger partial charge in [-0.25, -0.2) is 8.42 Å². The van der Waals surface area contributed by atoms with Crippen LogP contribution in [0.1, 0.15) is 33.6 Å². The molecule has 0 aromatic heterocycles. The summed E-state index contributed by atoms with van der Waals surface area (Å²) in [7, 11) is 1.65. The maximum atomic E-state index is 11.5. The molecular formula is C9H15ClO4S. The van der Waals surface area contributed by atoms with Crippen LogP contribution in [0.2, 0.25) is 0 Å². The number of esters is 1. The summed E-state index contributed by atoms with van der Waals surface area (Å²) in [5.74, 6) is -0.651. The molecule has 1 aliphatic rings. The first-order valence-electron chi connectivity index (χ1n) is 4.76. The summed E-state index contributed by atoms with van der Waals surface area (Å²) in [5.41, 5.74) is -0.526. The van der Waals surface area contributed by atoms with E-state index in [1.807, 2.05) is 0 Å². The Bertz CT molecular complexity index is 349. The van der Waals surface area contributed by atoms with Crippen molar-refractivity contribution in [2.45, 2.75) is 44.5 Å². The average molecular weight is 255 g/mol. The molecule has 88 valence electrons. The van der Waals surface area contributed by atoms with Gasteiger partial charge in [0.2, 0.25) is 9.05 Å². The van der Waals surface area contributed by atoms with Crippen LogP contribution in [0.25, 0.3) is 0 Å². The van der Waals surface area contributed by atoms with E-state index in [0.29, 0.717) is 0 Å². The first-order chi connectivity index (χ1) is 6.59. The lowest BCUT2D eigenvalue weighted by atomic mass is 9.85. The molecule has 1 rings (SSSR count). The third-order valence-electron chi connectivity index (χ3n) is 2.23. The third-order valence-corrected chi connectivity index (χ3v) is 4.17. The fourth-order valence-electron chi connectivity index (χ4n) is 1.37. The maximum absolute atomic E-state index is 11.5. The molecule has 4 nitrogen and oxygen atoms in total. The van der Waals surface area contributed by atoms with Gasteiger partial charge < -0.3 is 4.74 Å². The molecule has 0 heterocycles. The van der Waals surface area contributed by atoms with Crippen molar-refractivity contribution in [3.8, 4) is 0 Å². The molecule has 0 saturated heterocycles. The number of rotatable bonds is 2. The zero-order chi connectivity index (χ0) is 11.9. The highest BCUT2D eigenvalue weighted by atomic mass is 35.7. The summed E-state index contributed by atoms with van der Waals surface area (Å²) >= 11 is 0. The van der Waals surface area contributed by atoms with Crippen molar-refractivity contribution >= 4 is 25.7 Å². The molecular weight excluding hydrogens is 240 g/mol. The van der Waals surface area contributed by atoms with Crippen LogP contribution in [0.3, 0.4) is 0 Å². The molecule has 0 aromatic carbocycles. The molecule has 0 N–H and O–H groups in total. The summed E-state index contributed by atoms with van der Waals surface area (Å²) in [6, 6.07) is 0. The van der Waals surface area contributed by atoms with Gasteiger partial charge in [-0.05, 0) is 33.6 Å². The second kappa shape index (κ2) is 3.94. The van der Waals surface area contributed by atoms with E-state index in [0.717, 1.165) is 0 Å². The van der Waals surface area contributed by atoms with Gasteiger partial charge in [-0.15, -0.1) is 0 Å². The predicted octanol–water partition coefficient (Wildman–Crippen LogP) is 1.68. The smallest absolute Gasteiger partial charge is 0.309 e. The van der Waals surface area contributed by atoms with Crippen molar-refractivity contribution in [2.75, 3.05) is 0 Å². The highest BCUT2D eigenvalue weighted by Gasteiger charge is 2.43. The summed E-state index contributed by atoms with van der Waals surface area (Å²) in [6.45, 7) is 5.33. The quantitative estimate of drug-likeness (QED) is 0.556. The van der Waals surface area contributed by atoms with Crippen LogP contribution in [0.15, 0.2) is 0 Å². The molecule has 15 heavy (non-hydrogen) atoms. The number of hydrogen-bond donors (Lipinski definition) is 0. The first-order valence-corrected chi connectivity index (χ1v) is 7.13. The number of halogens is 1. The number of ether oxygens (including phenoxy) is 1. The lowest BCUT2D eigenvalue weighted by Crippen LogP contribution is -2.41. The van der Waals surface area contributed by atoms with Crippen molar-refractivity contribution in [1.29, 1.82) is 0 Å². The summed E-state index contributed by atoms with van der Waals surface area (Å²) in [5, 5.41) is -0.586. The van der Waals surface area contributed by atoms with Crippen molar-refractivity contribution in [3.63, 3.8) is 0 Å². The van der Waals surface area contributed by atoms with E-state index < -0.39 is 19.9 Å². The van der Waals surface area contributed by atoms with Crippen LogP contribution in [-0.2, 0) is 18.6 Å². The third kappa shape index (κ3) is 3.65. The van der Waals surface area contributed by atoms with E-state index in [1.165, 1.54) is 0 Å². The highest BCUT2D eigenvalue weighted by Crippen LogP contribution is 2.36. The SMILES string of the molecule is CC(C)(C)OC(=O)[C@H]1C[C@H](S(=O)(=O)Cl)C1. The van der Waals surface area contributed by atoms with Crippen LogP contribution in [0.5, 0.6) is 0 Å². The number of carbonyl (C=O) groups is 1.